The van der Waals surface area contributed by atoms with Gasteiger partial charge in [-0.25, -0.2) is 0 Å². The second-order valence-corrected chi connectivity index (χ2v) is 6.82. The molecule has 0 saturated heterocycles. The van der Waals surface area contributed by atoms with Gasteiger partial charge in [0.1, 0.15) is 0 Å². The molecule has 0 saturated carbocycles. The van der Waals surface area contributed by atoms with Crippen molar-refractivity contribution in [3.63, 3.8) is 0 Å². The molecule has 0 N–H and O–H groups in total. The number of alkyl halides is 1. The minimum atomic E-state index is 0.351. The quantitative estimate of drug-likeness (QED) is 0.613. The summed E-state index contributed by atoms with van der Waals surface area (Å²) in [5, 5.41) is 1.09. The fourth-order valence-electron chi connectivity index (χ4n) is 3.75. The minimum Gasteiger partial charge on any atom is -0.0918 e. The molecule has 1 unspecified atom stereocenters. The molecule has 0 fully saturated rings. The summed E-state index contributed by atoms with van der Waals surface area (Å²) in [6, 6.07) is 20.0. The largest absolute Gasteiger partial charge is 0.0918 e. The molecule has 3 rings (SSSR count). The lowest BCUT2D eigenvalue weighted by molar-refractivity contribution is 0.366. The Labute approximate surface area is 136 Å². The maximum atomic E-state index is 3.82. The Morgan fingerprint density at radius 1 is 0.952 bits per heavy atom. The van der Waals surface area contributed by atoms with E-state index in [9.17, 15) is 0 Å². The van der Waals surface area contributed by atoms with Crippen molar-refractivity contribution in [1.82, 2.24) is 0 Å². The second-order valence-electron chi connectivity index (χ2n) is 6.26. The Bertz CT molecular complexity index is 575. The second kappa shape index (κ2) is 6.79. The van der Waals surface area contributed by atoms with Gasteiger partial charge in [-0.1, -0.05) is 70.5 Å². The Kier molecular flexibility index (Phi) is 4.80. The fraction of sp³-hybridized carbons (Fsp3) is 0.400. The molecule has 0 aromatic heterocycles. The summed E-state index contributed by atoms with van der Waals surface area (Å²) in [5.74, 6) is 0. The van der Waals surface area contributed by atoms with Gasteiger partial charge in [0.25, 0.3) is 0 Å². The summed E-state index contributed by atoms with van der Waals surface area (Å²) in [5.41, 5.74) is 4.99. The van der Waals surface area contributed by atoms with Crippen molar-refractivity contribution in [3.8, 4) is 0 Å². The van der Waals surface area contributed by atoms with E-state index in [1.807, 2.05) is 0 Å². The molecule has 1 atom stereocenters. The van der Waals surface area contributed by atoms with Gasteiger partial charge in [0.2, 0.25) is 0 Å². The molecule has 0 bridgehead atoms. The molecule has 1 aliphatic carbocycles. The van der Waals surface area contributed by atoms with Crippen molar-refractivity contribution in [1.29, 1.82) is 0 Å². The molecule has 110 valence electrons. The first-order valence-corrected chi connectivity index (χ1v) is 9.14. The van der Waals surface area contributed by atoms with Crippen LogP contribution in [-0.2, 0) is 18.3 Å². The van der Waals surface area contributed by atoms with E-state index in [4.69, 9.17) is 0 Å². The van der Waals surface area contributed by atoms with Gasteiger partial charge in [0.15, 0.2) is 0 Å². The third kappa shape index (κ3) is 3.23. The Hall–Kier alpha value is -1.08. The van der Waals surface area contributed by atoms with Crippen LogP contribution in [0.5, 0.6) is 0 Å². The molecule has 0 aliphatic heterocycles. The molecule has 0 nitrogen and oxygen atoms in total. The van der Waals surface area contributed by atoms with Crippen LogP contribution in [-0.4, -0.2) is 5.33 Å². The summed E-state index contributed by atoms with van der Waals surface area (Å²) >= 11 is 3.82. The van der Waals surface area contributed by atoms with Gasteiger partial charge in [0.05, 0.1) is 0 Å². The van der Waals surface area contributed by atoms with E-state index in [1.165, 1.54) is 44.1 Å². The monoisotopic (exact) mass is 342 g/mol. The standard InChI is InChI=1S/C20H23Br/c21-16-20(14-6-10-17-8-2-1-3-9-17)15-7-12-18-11-4-5-13-19(18)20/h1-5,8-9,11,13H,6-7,10,12,14-16H2. The Morgan fingerprint density at radius 2 is 1.71 bits per heavy atom. The van der Waals surface area contributed by atoms with Crippen molar-refractivity contribution >= 4 is 15.9 Å². The number of hydrogen-bond donors (Lipinski definition) is 0. The van der Waals surface area contributed by atoms with E-state index in [-0.39, 0.29) is 0 Å². The third-order valence-corrected chi connectivity index (χ3v) is 5.98. The van der Waals surface area contributed by atoms with Crippen LogP contribution < -0.4 is 0 Å². The van der Waals surface area contributed by atoms with Crippen LogP contribution >= 0.6 is 15.9 Å². The molecule has 0 spiro atoms. The summed E-state index contributed by atoms with van der Waals surface area (Å²) in [6.07, 6.45) is 7.65. The first-order chi connectivity index (χ1) is 10.3. The number of aryl methyl sites for hydroxylation is 2. The van der Waals surface area contributed by atoms with Gasteiger partial charge in [0, 0.05) is 10.7 Å². The number of halogens is 1. The van der Waals surface area contributed by atoms with E-state index in [2.05, 4.69) is 70.5 Å². The minimum absolute atomic E-state index is 0.351. The summed E-state index contributed by atoms with van der Waals surface area (Å²) < 4.78 is 0. The zero-order valence-corrected chi connectivity index (χ0v) is 14.1. The highest BCUT2D eigenvalue weighted by Crippen LogP contribution is 2.42. The number of benzene rings is 2. The number of hydrogen-bond acceptors (Lipinski definition) is 0. The van der Waals surface area contributed by atoms with Gasteiger partial charge >= 0.3 is 0 Å². The normalized spacial score (nSPS) is 21.0. The van der Waals surface area contributed by atoms with Crippen molar-refractivity contribution < 1.29 is 0 Å². The SMILES string of the molecule is BrCC1(CCCc2ccccc2)CCCc2ccccc21. The van der Waals surface area contributed by atoms with E-state index in [0.717, 1.165) is 5.33 Å². The van der Waals surface area contributed by atoms with Crippen LogP contribution in [0.2, 0.25) is 0 Å². The van der Waals surface area contributed by atoms with Gasteiger partial charge in [-0.05, 0) is 55.2 Å². The molecule has 0 amide bonds. The summed E-state index contributed by atoms with van der Waals surface area (Å²) in [7, 11) is 0. The molecule has 2 aromatic carbocycles. The predicted molar refractivity (Wildman–Crippen MR) is 94.2 cm³/mol. The van der Waals surface area contributed by atoms with E-state index < -0.39 is 0 Å². The lowest BCUT2D eigenvalue weighted by atomic mass is 9.68. The first kappa shape index (κ1) is 14.8. The Morgan fingerprint density at radius 3 is 2.52 bits per heavy atom. The van der Waals surface area contributed by atoms with Crippen LogP contribution in [0.25, 0.3) is 0 Å². The maximum absolute atomic E-state index is 3.82. The van der Waals surface area contributed by atoms with Crippen molar-refractivity contribution in [2.45, 2.75) is 43.9 Å². The molecular formula is C20H23Br. The maximum Gasteiger partial charge on any atom is 0.0129 e. The van der Waals surface area contributed by atoms with Gasteiger partial charge < -0.3 is 0 Å². The van der Waals surface area contributed by atoms with Gasteiger partial charge in [-0.2, -0.15) is 0 Å². The molecule has 1 aliphatic rings. The average Bonchev–Trinajstić information content (AvgIpc) is 2.56. The lowest BCUT2D eigenvalue weighted by Crippen LogP contribution is -2.32. The molecule has 2 aromatic rings. The highest BCUT2D eigenvalue weighted by Gasteiger charge is 2.34. The van der Waals surface area contributed by atoms with Crippen molar-refractivity contribution in [2.24, 2.45) is 0 Å². The van der Waals surface area contributed by atoms with E-state index in [1.54, 1.807) is 11.1 Å². The predicted octanol–water partition coefficient (Wildman–Crippen LogP) is 5.68. The summed E-state index contributed by atoms with van der Waals surface area (Å²) in [6.45, 7) is 0. The van der Waals surface area contributed by atoms with Gasteiger partial charge in [-0.15, -0.1) is 0 Å². The zero-order chi connectivity index (χ0) is 14.5. The van der Waals surface area contributed by atoms with Crippen LogP contribution in [0.15, 0.2) is 54.6 Å². The summed E-state index contributed by atoms with van der Waals surface area (Å²) in [4.78, 5) is 0. The fourth-order valence-corrected chi connectivity index (χ4v) is 4.61. The van der Waals surface area contributed by atoms with Crippen LogP contribution in [0.4, 0.5) is 0 Å². The lowest BCUT2D eigenvalue weighted by Gasteiger charge is -2.38. The molecule has 0 heterocycles. The highest BCUT2D eigenvalue weighted by molar-refractivity contribution is 9.09. The van der Waals surface area contributed by atoms with E-state index in [0.29, 0.717) is 5.41 Å². The van der Waals surface area contributed by atoms with Crippen molar-refractivity contribution in [3.05, 3.63) is 71.3 Å². The first-order valence-electron chi connectivity index (χ1n) is 8.02. The Balaban J connectivity index is 1.73. The van der Waals surface area contributed by atoms with Crippen LogP contribution in [0.1, 0.15) is 42.4 Å². The van der Waals surface area contributed by atoms with Crippen LogP contribution in [0.3, 0.4) is 0 Å². The molecule has 1 heteroatoms. The molecule has 21 heavy (non-hydrogen) atoms. The molecular weight excluding hydrogens is 320 g/mol. The molecule has 0 radical (unpaired) electrons. The third-order valence-electron chi connectivity index (χ3n) is 4.91. The van der Waals surface area contributed by atoms with Crippen LogP contribution in [0, 0.1) is 0 Å². The average molecular weight is 343 g/mol. The van der Waals surface area contributed by atoms with E-state index >= 15 is 0 Å². The number of rotatable bonds is 5. The number of fused-ring (bicyclic) bond motifs is 1. The highest BCUT2D eigenvalue weighted by atomic mass is 79.9. The topological polar surface area (TPSA) is 0 Å². The van der Waals surface area contributed by atoms with Gasteiger partial charge in [-0.3, -0.25) is 0 Å². The smallest absolute Gasteiger partial charge is 0.0129 e. The van der Waals surface area contributed by atoms with Crippen molar-refractivity contribution in [2.75, 3.05) is 5.33 Å². The zero-order valence-electron chi connectivity index (χ0n) is 12.5.